The second kappa shape index (κ2) is 9.47. The molecule has 0 saturated carbocycles. The SMILES string of the molecule is CCNC(=NCC(C)(C)N(C)C)NCC(C)Oc1cccc(F)c1. The summed E-state index contributed by atoms with van der Waals surface area (Å²) >= 11 is 0. The molecule has 6 heteroatoms. The fourth-order valence-electron chi connectivity index (χ4n) is 1.81. The van der Waals surface area contributed by atoms with Crippen LogP contribution in [0.15, 0.2) is 29.3 Å². The van der Waals surface area contributed by atoms with E-state index in [1.807, 2.05) is 27.9 Å². The summed E-state index contributed by atoms with van der Waals surface area (Å²) in [4.78, 5) is 6.79. The number of hydrogen-bond donors (Lipinski definition) is 2. The van der Waals surface area contributed by atoms with Crippen molar-refractivity contribution in [2.45, 2.75) is 39.3 Å². The molecule has 0 aromatic heterocycles. The summed E-state index contributed by atoms with van der Waals surface area (Å²) in [5.74, 6) is 0.982. The maximum absolute atomic E-state index is 13.2. The van der Waals surface area contributed by atoms with Gasteiger partial charge in [-0.15, -0.1) is 0 Å². The molecule has 136 valence electrons. The zero-order valence-corrected chi connectivity index (χ0v) is 15.7. The first kappa shape index (κ1) is 20.2. The lowest BCUT2D eigenvalue weighted by Crippen LogP contribution is -2.45. The van der Waals surface area contributed by atoms with Gasteiger partial charge in [0.05, 0.1) is 13.1 Å². The van der Waals surface area contributed by atoms with Crippen LogP contribution in [-0.2, 0) is 0 Å². The predicted octanol–water partition coefficient (Wildman–Crippen LogP) is 2.49. The molecule has 0 spiro atoms. The van der Waals surface area contributed by atoms with Gasteiger partial charge in [-0.25, -0.2) is 4.39 Å². The third-order valence-electron chi connectivity index (χ3n) is 3.87. The van der Waals surface area contributed by atoms with Crippen molar-refractivity contribution in [2.24, 2.45) is 4.99 Å². The molecule has 0 heterocycles. The van der Waals surface area contributed by atoms with Gasteiger partial charge in [0.2, 0.25) is 0 Å². The highest BCUT2D eigenvalue weighted by Gasteiger charge is 2.20. The van der Waals surface area contributed by atoms with E-state index in [1.54, 1.807) is 12.1 Å². The highest BCUT2D eigenvalue weighted by Crippen LogP contribution is 2.13. The Morgan fingerprint density at radius 2 is 2.04 bits per heavy atom. The van der Waals surface area contributed by atoms with Crippen molar-refractivity contribution in [3.05, 3.63) is 30.1 Å². The van der Waals surface area contributed by atoms with Gasteiger partial charge >= 0.3 is 0 Å². The molecular formula is C18H31FN4O. The van der Waals surface area contributed by atoms with E-state index in [2.05, 4.69) is 34.4 Å². The number of hydrogen-bond acceptors (Lipinski definition) is 3. The van der Waals surface area contributed by atoms with Crippen molar-refractivity contribution in [2.75, 3.05) is 33.7 Å². The minimum Gasteiger partial charge on any atom is -0.489 e. The topological polar surface area (TPSA) is 48.9 Å². The quantitative estimate of drug-likeness (QED) is 0.565. The van der Waals surface area contributed by atoms with Gasteiger partial charge in [0, 0.05) is 18.2 Å². The third-order valence-corrected chi connectivity index (χ3v) is 3.87. The molecular weight excluding hydrogens is 307 g/mol. The summed E-state index contributed by atoms with van der Waals surface area (Å²) in [6.45, 7) is 10.3. The molecule has 1 rings (SSSR count). The first-order valence-corrected chi connectivity index (χ1v) is 8.36. The Labute approximate surface area is 145 Å². The maximum atomic E-state index is 13.2. The van der Waals surface area contributed by atoms with Crippen LogP contribution in [0.1, 0.15) is 27.7 Å². The van der Waals surface area contributed by atoms with Crippen molar-refractivity contribution in [1.29, 1.82) is 0 Å². The molecule has 1 unspecified atom stereocenters. The number of guanidine groups is 1. The maximum Gasteiger partial charge on any atom is 0.191 e. The van der Waals surface area contributed by atoms with Crippen molar-refractivity contribution in [3.63, 3.8) is 0 Å². The smallest absolute Gasteiger partial charge is 0.191 e. The van der Waals surface area contributed by atoms with Gasteiger partial charge in [0.1, 0.15) is 17.7 Å². The lowest BCUT2D eigenvalue weighted by atomic mass is 10.1. The molecule has 1 aromatic rings. The first-order valence-electron chi connectivity index (χ1n) is 8.36. The molecule has 0 bridgehead atoms. The number of aliphatic imine (C=N–C) groups is 1. The van der Waals surface area contributed by atoms with Crippen LogP contribution in [0.2, 0.25) is 0 Å². The zero-order valence-electron chi connectivity index (χ0n) is 15.7. The standard InChI is InChI=1S/C18H31FN4O/c1-7-20-17(22-13-18(3,4)23(5)6)21-12-14(2)24-16-10-8-9-15(19)11-16/h8-11,14H,7,12-13H2,1-6H3,(H2,20,21,22). The number of rotatable bonds is 8. The van der Waals surface area contributed by atoms with Crippen LogP contribution in [0.3, 0.4) is 0 Å². The van der Waals surface area contributed by atoms with E-state index >= 15 is 0 Å². The number of halogens is 1. The molecule has 0 aliphatic heterocycles. The summed E-state index contributed by atoms with van der Waals surface area (Å²) < 4.78 is 18.9. The van der Waals surface area contributed by atoms with E-state index in [0.717, 1.165) is 12.5 Å². The zero-order chi connectivity index (χ0) is 18.2. The van der Waals surface area contributed by atoms with E-state index in [0.29, 0.717) is 18.8 Å². The lowest BCUT2D eigenvalue weighted by molar-refractivity contribution is 0.204. The molecule has 0 aliphatic rings. The largest absolute Gasteiger partial charge is 0.489 e. The highest BCUT2D eigenvalue weighted by atomic mass is 19.1. The minimum absolute atomic E-state index is 0.0218. The highest BCUT2D eigenvalue weighted by molar-refractivity contribution is 5.79. The van der Waals surface area contributed by atoms with Crippen LogP contribution in [0.25, 0.3) is 0 Å². The predicted molar refractivity (Wildman–Crippen MR) is 98.2 cm³/mol. The van der Waals surface area contributed by atoms with Gasteiger partial charge in [-0.05, 0) is 53.9 Å². The molecule has 0 amide bonds. The van der Waals surface area contributed by atoms with Crippen LogP contribution in [-0.4, -0.2) is 56.2 Å². The average Bonchev–Trinajstić information content (AvgIpc) is 2.50. The van der Waals surface area contributed by atoms with Gasteiger partial charge in [-0.3, -0.25) is 4.99 Å². The fraction of sp³-hybridized carbons (Fsp3) is 0.611. The second-order valence-corrected chi connectivity index (χ2v) is 6.67. The van der Waals surface area contributed by atoms with E-state index in [4.69, 9.17) is 4.74 Å². The molecule has 0 radical (unpaired) electrons. The van der Waals surface area contributed by atoms with Crippen molar-refractivity contribution in [3.8, 4) is 5.75 Å². The average molecular weight is 338 g/mol. The Kier molecular flexibility index (Phi) is 7.98. The van der Waals surface area contributed by atoms with E-state index in [-0.39, 0.29) is 17.5 Å². The van der Waals surface area contributed by atoms with Gasteiger partial charge in [-0.2, -0.15) is 0 Å². The number of benzene rings is 1. The third kappa shape index (κ3) is 7.17. The molecule has 0 aliphatic carbocycles. The van der Waals surface area contributed by atoms with E-state index in [9.17, 15) is 4.39 Å². The van der Waals surface area contributed by atoms with Crippen LogP contribution in [0.4, 0.5) is 4.39 Å². The molecule has 0 saturated heterocycles. The number of nitrogens with zero attached hydrogens (tertiary/aromatic N) is 2. The Morgan fingerprint density at radius 3 is 2.62 bits per heavy atom. The number of likely N-dealkylation sites (N-methyl/N-ethyl adjacent to an activating group) is 1. The number of nitrogens with one attached hydrogen (secondary N) is 2. The van der Waals surface area contributed by atoms with Gasteiger partial charge in [0.15, 0.2) is 5.96 Å². The lowest BCUT2D eigenvalue weighted by Gasteiger charge is -2.31. The summed E-state index contributed by atoms with van der Waals surface area (Å²) in [7, 11) is 4.09. The molecule has 2 N–H and O–H groups in total. The summed E-state index contributed by atoms with van der Waals surface area (Å²) in [6.07, 6.45) is -0.113. The Bertz CT molecular complexity index is 532. The molecule has 1 atom stereocenters. The van der Waals surface area contributed by atoms with E-state index < -0.39 is 0 Å². The van der Waals surface area contributed by atoms with Gasteiger partial charge in [0.25, 0.3) is 0 Å². The monoisotopic (exact) mass is 338 g/mol. The van der Waals surface area contributed by atoms with Crippen LogP contribution >= 0.6 is 0 Å². The molecule has 1 aromatic carbocycles. The van der Waals surface area contributed by atoms with Gasteiger partial charge < -0.3 is 20.3 Å². The van der Waals surface area contributed by atoms with Crippen molar-refractivity contribution in [1.82, 2.24) is 15.5 Å². The summed E-state index contributed by atoms with van der Waals surface area (Å²) in [6, 6.07) is 6.17. The van der Waals surface area contributed by atoms with E-state index in [1.165, 1.54) is 12.1 Å². The Balaban J connectivity index is 2.56. The second-order valence-electron chi connectivity index (χ2n) is 6.67. The van der Waals surface area contributed by atoms with Crippen LogP contribution < -0.4 is 15.4 Å². The van der Waals surface area contributed by atoms with Crippen LogP contribution in [0.5, 0.6) is 5.75 Å². The molecule has 0 fully saturated rings. The fourth-order valence-corrected chi connectivity index (χ4v) is 1.81. The molecule has 24 heavy (non-hydrogen) atoms. The number of ether oxygens (including phenoxy) is 1. The Hall–Kier alpha value is -1.82. The van der Waals surface area contributed by atoms with Gasteiger partial charge in [-0.1, -0.05) is 6.07 Å². The normalized spacial score (nSPS) is 13.8. The minimum atomic E-state index is -0.298. The first-order chi connectivity index (χ1) is 11.2. The van der Waals surface area contributed by atoms with Crippen molar-refractivity contribution >= 4 is 5.96 Å². The van der Waals surface area contributed by atoms with Crippen LogP contribution in [0, 0.1) is 5.82 Å². The summed E-state index contributed by atoms with van der Waals surface area (Å²) in [5.41, 5.74) is -0.0218. The molecule has 5 nitrogen and oxygen atoms in total. The Morgan fingerprint density at radius 1 is 1.33 bits per heavy atom. The summed E-state index contributed by atoms with van der Waals surface area (Å²) in [5, 5.41) is 6.50. The van der Waals surface area contributed by atoms with Crippen molar-refractivity contribution < 1.29 is 9.13 Å².